The van der Waals surface area contributed by atoms with Gasteiger partial charge in [-0.25, -0.2) is 4.98 Å². The molecule has 0 saturated carbocycles. The molecule has 0 spiro atoms. The summed E-state index contributed by atoms with van der Waals surface area (Å²) in [5.74, 6) is 0.416. The van der Waals surface area contributed by atoms with Gasteiger partial charge in [0.1, 0.15) is 0 Å². The van der Waals surface area contributed by atoms with Gasteiger partial charge in [-0.3, -0.25) is 14.9 Å². The fraction of sp³-hybridized carbons (Fsp3) is 0.345. The second-order valence-electron chi connectivity index (χ2n) is 10.3. The van der Waals surface area contributed by atoms with E-state index in [-0.39, 0.29) is 17.1 Å². The van der Waals surface area contributed by atoms with Crippen LogP contribution in [0.5, 0.6) is 17.2 Å². The molecular formula is C29H31N3O5S. The van der Waals surface area contributed by atoms with Crippen LogP contribution in [0.2, 0.25) is 0 Å². The van der Waals surface area contributed by atoms with E-state index >= 15 is 0 Å². The third-order valence-corrected chi connectivity index (χ3v) is 7.97. The number of fused-ring (bicyclic) bond motifs is 1. The number of Topliss-reactive ketones (excluding diaryl/α,β-unsaturated/α-hetero) is 1. The molecule has 2 N–H and O–H groups in total. The Morgan fingerprint density at radius 1 is 1.08 bits per heavy atom. The van der Waals surface area contributed by atoms with Crippen molar-refractivity contribution in [2.24, 2.45) is 5.41 Å². The van der Waals surface area contributed by atoms with Crippen LogP contribution in [0.1, 0.15) is 45.1 Å². The Balaban J connectivity index is 1.65. The van der Waals surface area contributed by atoms with Crippen molar-refractivity contribution < 1.29 is 23.8 Å². The Kier molecular flexibility index (Phi) is 6.65. The van der Waals surface area contributed by atoms with Gasteiger partial charge in [-0.2, -0.15) is 0 Å². The SMILES string of the molecule is COc1cc([C@@H]2C(C(=O)Nc3nc4ccccc4s3)=C(C)NC3=C2C(=O)CC(C)(C)C3)cc(OC)c1OC. The lowest BCUT2D eigenvalue weighted by Crippen LogP contribution is -2.39. The minimum atomic E-state index is -0.627. The number of aromatic nitrogens is 1. The molecule has 0 fully saturated rings. The lowest BCUT2D eigenvalue weighted by molar-refractivity contribution is -0.118. The van der Waals surface area contributed by atoms with E-state index in [0.29, 0.717) is 57.6 Å². The van der Waals surface area contributed by atoms with Crippen molar-refractivity contribution in [1.29, 1.82) is 0 Å². The molecule has 2 heterocycles. The van der Waals surface area contributed by atoms with Gasteiger partial charge in [-0.05, 0) is 48.6 Å². The van der Waals surface area contributed by atoms with Gasteiger partial charge in [0.05, 0.1) is 31.5 Å². The molecule has 8 nitrogen and oxygen atoms in total. The van der Waals surface area contributed by atoms with E-state index in [1.807, 2.05) is 43.3 Å². The quantitative estimate of drug-likeness (QED) is 0.428. The fourth-order valence-electron chi connectivity index (χ4n) is 5.43. The van der Waals surface area contributed by atoms with Gasteiger partial charge < -0.3 is 19.5 Å². The number of nitrogens with zero attached hydrogens (tertiary/aromatic N) is 1. The van der Waals surface area contributed by atoms with E-state index in [2.05, 4.69) is 29.5 Å². The van der Waals surface area contributed by atoms with Crippen molar-refractivity contribution in [3.63, 3.8) is 0 Å². The van der Waals surface area contributed by atoms with Gasteiger partial charge in [0, 0.05) is 34.9 Å². The number of hydrogen-bond acceptors (Lipinski definition) is 8. The fourth-order valence-corrected chi connectivity index (χ4v) is 6.29. The summed E-state index contributed by atoms with van der Waals surface area (Å²) in [5.41, 5.74) is 3.91. The number of benzene rings is 2. The monoisotopic (exact) mass is 533 g/mol. The number of nitrogens with one attached hydrogen (secondary N) is 2. The zero-order valence-corrected chi connectivity index (χ0v) is 23.2. The highest BCUT2D eigenvalue weighted by Gasteiger charge is 2.43. The number of carbonyl (C=O) groups excluding carboxylic acids is 2. The molecule has 9 heteroatoms. The summed E-state index contributed by atoms with van der Waals surface area (Å²) < 4.78 is 17.7. The average molecular weight is 534 g/mol. The summed E-state index contributed by atoms with van der Waals surface area (Å²) in [5, 5.41) is 6.88. The summed E-state index contributed by atoms with van der Waals surface area (Å²) >= 11 is 1.41. The Labute approximate surface area is 225 Å². The molecule has 2 aliphatic rings. The Bertz CT molecular complexity index is 1460. The van der Waals surface area contributed by atoms with Gasteiger partial charge in [-0.1, -0.05) is 37.3 Å². The summed E-state index contributed by atoms with van der Waals surface area (Å²) in [6.07, 6.45) is 1.08. The second kappa shape index (κ2) is 9.79. The summed E-state index contributed by atoms with van der Waals surface area (Å²) in [6.45, 7) is 6.03. The molecule has 1 amide bonds. The van der Waals surface area contributed by atoms with E-state index in [1.165, 1.54) is 11.3 Å². The largest absolute Gasteiger partial charge is 0.493 e. The van der Waals surface area contributed by atoms with Crippen molar-refractivity contribution in [2.45, 2.75) is 39.5 Å². The van der Waals surface area contributed by atoms with Crippen molar-refractivity contribution in [3.05, 3.63) is 64.5 Å². The van der Waals surface area contributed by atoms with Gasteiger partial charge in [0.25, 0.3) is 5.91 Å². The van der Waals surface area contributed by atoms with Crippen LogP contribution < -0.4 is 24.8 Å². The number of dihydropyridines is 1. The molecule has 2 aromatic carbocycles. The van der Waals surface area contributed by atoms with Crippen LogP contribution in [0.4, 0.5) is 5.13 Å². The zero-order valence-electron chi connectivity index (χ0n) is 22.4. The summed E-state index contributed by atoms with van der Waals surface area (Å²) in [7, 11) is 4.63. The van der Waals surface area contributed by atoms with E-state index < -0.39 is 5.92 Å². The Hall–Kier alpha value is -3.85. The van der Waals surface area contributed by atoms with Gasteiger partial charge in [0.2, 0.25) is 5.75 Å². The van der Waals surface area contributed by atoms with E-state index in [9.17, 15) is 9.59 Å². The summed E-state index contributed by atoms with van der Waals surface area (Å²) in [6, 6.07) is 11.4. The van der Waals surface area contributed by atoms with Crippen LogP contribution in [0, 0.1) is 5.41 Å². The standard InChI is InChI=1S/C29H31N3O5S/c1-15-23(27(34)32-28-31-17-9-7-8-10-22(17)38-28)24(25-18(30-15)13-29(2,3)14-19(25)33)16-11-20(35-4)26(37-6)21(12-16)36-5/h7-12,24,30H,13-14H2,1-6H3,(H,31,32,34)/t24-/m1/s1. The maximum absolute atomic E-state index is 13.9. The molecule has 0 saturated heterocycles. The van der Waals surface area contributed by atoms with Crippen molar-refractivity contribution in [2.75, 3.05) is 26.6 Å². The molecular weight excluding hydrogens is 502 g/mol. The molecule has 1 aromatic heterocycles. The lowest BCUT2D eigenvalue weighted by atomic mass is 9.68. The number of ketones is 1. The number of rotatable bonds is 6. The maximum Gasteiger partial charge on any atom is 0.256 e. The number of methoxy groups -OCH3 is 3. The molecule has 3 aromatic rings. The molecule has 198 valence electrons. The molecule has 5 rings (SSSR count). The predicted octanol–water partition coefficient (Wildman–Crippen LogP) is 5.56. The maximum atomic E-state index is 13.9. The molecule has 1 aliphatic carbocycles. The number of ether oxygens (including phenoxy) is 3. The van der Waals surface area contributed by atoms with Crippen LogP contribution in [0.15, 0.2) is 58.9 Å². The van der Waals surface area contributed by atoms with Gasteiger partial charge in [0.15, 0.2) is 22.4 Å². The Morgan fingerprint density at radius 3 is 2.39 bits per heavy atom. The number of hydrogen-bond donors (Lipinski definition) is 2. The normalized spacial score (nSPS) is 18.7. The van der Waals surface area contributed by atoms with E-state index in [4.69, 9.17) is 14.2 Å². The third kappa shape index (κ3) is 4.51. The van der Waals surface area contributed by atoms with E-state index in [1.54, 1.807) is 21.3 Å². The molecule has 1 aliphatic heterocycles. The lowest BCUT2D eigenvalue weighted by Gasteiger charge is -2.39. The van der Waals surface area contributed by atoms with Gasteiger partial charge in [-0.15, -0.1) is 0 Å². The number of para-hydroxylation sites is 1. The smallest absolute Gasteiger partial charge is 0.256 e. The first-order chi connectivity index (χ1) is 18.2. The second-order valence-corrected chi connectivity index (χ2v) is 11.4. The zero-order chi connectivity index (χ0) is 27.2. The van der Waals surface area contributed by atoms with Crippen molar-refractivity contribution in [1.82, 2.24) is 10.3 Å². The number of anilines is 1. The van der Waals surface area contributed by atoms with Crippen LogP contribution in [-0.2, 0) is 9.59 Å². The first-order valence-corrected chi connectivity index (χ1v) is 13.2. The number of thiazole rings is 1. The first kappa shape index (κ1) is 25.8. The Morgan fingerprint density at radius 2 is 1.76 bits per heavy atom. The highest BCUT2D eigenvalue weighted by molar-refractivity contribution is 7.22. The minimum absolute atomic E-state index is 0.0142. The summed E-state index contributed by atoms with van der Waals surface area (Å²) in [4.78, 5) is 32.1. The van der Waals surface area contributed by atoms with Crippen molar-refractivity contribution in [3.8, 4) is 17.2 Å². The van der Waals surface area contributed by atoms with E-state index in [0.717, 1.165) is 15.9 Å². The van der Waals surface area contributed by atoms with Crippen LogP contribution in [0.25, 0.3) is 10.2 Å². The highest BCUT2D eigenvalue weighted by Crippen LogP contribution is 2.49. The molecule has 0 bridgehead atoms. The minimum Gasteiger partial charge on any atom is -0.493 e. The number of carbonyl (C=O) groups is 2. The number of allylic oxidation sites excluding steroid dienone is 3. The average Bonchev–Trinajstić information content (AvgIpc) is 3.28. The molecule has 38 heavy (non-hydrogen) atoms. The third-order valence-electron chi connectivity index (χ3n) is 7.02. The first-order valence-electron chi connectivity index (χ1n) is 12.4. The van der Waals surface area contributed by atoms with Crippen LogP contribution in [0.3, 0.4) is 0 Å². The highest BCUT2D eigenvalue weighted by atomic mass is 32.1. The topological polar surface area (TPSA) is 98.8 Å². The van der Waals surface area contributed by atoms with Crippen LogP contribution >= 0.6 is 11.3 Å². The van der Waals surface area contributed by atoms with Crippen molar-refractivity contribution >= 4 is 38.4 Å². The van der Waals surface area contributed by atoms with Crippen LogP contribution in [-0.4, -0.2) is 38.0 Å². The molecule has 0 unspecified atom stereocenters. The van der Waals surface area contributed by atoms with Gasteiger partial charge >= 0.3 is 0 Å². The number of amides is 1. The molecule has 1 atom stereocenters. The molecule has 0 radical (unpaired) electrons. The predicted molar refractivity (Wildman–Crippen MR) is 148 cm³/mol.